The smallest absolute Gasteiger partial charge is 0.163 e. The Labute approximate surface area is 88.3 Å². The lowest BCUT2D eigenvalue weighted by Crippen LogP contribution is -2.13. The van der Waals surface area contributed by atoms with E-state index in [1.807, 2.05) is 0 Å². The second-order valence-corrected chi connectivity index (χ2v) is 3.53. The van der Waals surface area contributed by atoms with Crippen molar-refractivity contribution >= 4 is 0 Å². The summed E-state index contributed by atoms with van der Waals surface area (Å²) in [5.74, 6) is -1.68. The SMILES string of the molecule is NCCCC[C@H](N)c1cccc(F)c1F. The van der Waals surface area contributed by atoms with Gasteiger partial charge in [-0.3, -0.25) is 0 Å². The van der Waals surface area contributed by atoms with E-state index in [9.17, 15) is 8.78 Å². The number of hydrogen-bond acceptors (Lipinski definition) is 2. The van der Waals surface area contributed by atoms with E-state index in [1.54, 1.807) is 0 Å². The van der Waals surface area contributed by atoms with Gasteiger partial charge in [-0.15, -0.1) is 0 Å². The second kappa shape index (κ2) is 5.78. The van der Waals surface area contributed by atoms with Crippen LogP contribution in [0.5, 0.6) is 0 Å². The predicted molar refractivity (Wildman–Crippen MR) is 56.2 cm³/mol. The minimum atomic E-state index is -0.846. The molecule has 1 aromatic carbocycles. The van der Waals surface area contributed by atoms with Crippen LogP contribution in [0.2, 0.25) is 0 Å². The van der Waals surface area contributed by atoms with Gasteiger partial charge in [0, 0.05) is 11.6 Å². The minimum Gasteiger partial charge on any atom is -0.330 e. The van der Waals surface area contributed by atoms with Crippen molar-refractivity contribution in [3.63, 3.8) is 0 Å². The lowest BCUT2D eigenvalue weighted by molar-refractivity contribution is 0.479. The van der Waals surface area contributed by atoms with Gasteiger partial charge in [-0.1, -0.05) is 18.6 Å². The van der Waals surface area contributed by atoms with E-state index in [4.69, 9.17) is 11.5 Å². The first-order chi connectivity index (χ1) is 7.16. The van der Waals surface area contributed by atoms with Crippen molar-refractivity contribution in [2.45, 2.75) is 25.3 Å². The number of nitrogens with two attached hydrogens (primary N) is 2. The molecule has 0 unspecified atom stereocenters. The molecule has 0 aliphatic carbocycles. The predicted octanol–water partition coefficient (Wildman–Crippen LogP) is 2.09. The lowest BCUT2D eigenvalue weighted by Gasteiger charge is -2.12. The minimum absolute atomic E-state index is 0.243. The fourth-order valence-electron chi connectivity index (χ4n) is 1.47. The van der Waals surface area contributed by atoms with E-state index < -0.39 is 17.7 Å². The summed E-state index contributed by atoms with van der Waals surface area (Å²) in [6.45, 7) is 0.596. The maximum atomic E-state index is 13.3. The molecule has 0 fully saturated rings. The Balaban J connectivity index is 2.65. The van der Waals surface area contributed by atoms with Crippen molar-refractivity contribution in [3.8, 4) is 0 Å². The van der Waals surface area contributed by atoms with Gasteiger partial charge in [-0.2, -0.15) is 0 Å². The van der Waals surface area contributed by atoms with Crippen molar-refractivity contribution in [3.05, 3.63) is 35.4 Å². The zero-order chi connectivity index (χ0) is 11.3. The Hall–Kier alpha value is -1.00. The van der Waals surface area contributed by atoms with E-state index in [1.165, 1.54) is 12.1 Å². The summed E-state index contributed by atoms with van der Waals surface area (Å²) in [6, 6.07) is 3.63. The molecule has 0 heterocycles. The monoisotopic (exact) mass is 214 g/mol. The normalized spacial score (nSPS) is 12.8. The van der Waals surface area contributed by atoms with Gasteiger partial charge in [-0.25, -0.2) is 8.78 Å². The van der Waals surface area contributed by atoms with Crippen LogP contribution < -0.4 is 11.5 Å². The fraction of sp³-hybridized carbons (Fsp3) is 0.455. The molecule has 0 aromatic heterocycles. The molecule has 84 valence electrons. The van der Waals surface area contributed by atoms with Crippen molar-refractivity contribution in [2.24, 2.45) is 11.5 Å². The van der Waals surface area contributed by atoms with Gasteiger partial charge < -0.3 is 11.5 Å². The maximum absolute atomic E-state index is 13.3. The van der Waals surface area contributed by atoms with Crippen LogP contribution >= 0.6 is 0 Å². The van der Waals surface area contributed by atoms with E-state index in [2.05, 4.69) is 0 Å². The first-order valence-corrected chi connectivity index (χ1v) is 5.06. The number of benzene rings is 1. The zero-order valence-electron chi connectivity index (χ0n) is 8.55. The number of rotatable bonds is 5. The van der Waals surface area contributed by atoms with Gasteiger partial charge >= 0.3 is 0 Å². The quantitative estimate of drug-likeness (QED) is 0.737. The summed E-state index contributed by atoms with van der Waals surface area (Å²) in [7, 11) is 0. The Kier molecular flexibility index (Phi) is 4.65. The van der Waals surface area contributed by atoms with Crippen LogP contribution in [0.4, 0.5) is 8.78 Å². The highest BCUT2D eigenvalue weighted by Gasteiger charge is 2.13. The van der Waals surface area contributed by atoms with Crippen LogP contribution in [-0.4, -0.2) is 6.54 Å². The van der Waals surface area contributed by atoms with Crippen molar-refractivity contribution in [1.29, 1.82) is 0 Å². The molecule has 0 aliphatic rings. The lowest BCUT2D eigenvalue weighted by atomic mass is 10.0. The molecule has 15 heavy (non-hydrogen) atoms. The summed E-state index contributed by atoms with van der Waals surface area (Å²) < 4.78 is 26.2. The third-order valence-corrected chi connectivity index (χ3v) is 2.35. The summed E-state index contributed by atoms with van der Waals surface area (Å²) in [5.41, 5.74) is 11.3. The van der Waals surface area contributed by atoms with E-state index in [0.29, 0.717) is 13.0 Å². The molecule has 1 atom stereocenters. The molecule has 1 aromatic rings. The highest BCUT2D eigenvalue weighted by Crippen LogP contribution is 2.21. The topological polar surface area (TPSA) is 52.0 Å². The molecule has 2 nitrogen and oxygen atoms in total. The molecule has 0 saturated heterocycles. The van der Waals surface area contributed by atoms with Crippen molar-refractivity contribution in [1.82, 2.24) is 0 Å². The molecule has 4 heteroatoms. The molecular weight excluding hydrogens is 198 g/mol. The molecule has 1 rings (SSSR count). The average molecular weight is 214 g/mol. The van der Waals surface area contributed by atoms with Gasteiger partial charge in [0.2, 0.25) is 0 Å². The molecule has 4 N–H and O–H groups in total. The maximum Gasteiger partial charge on any atom is 0.163 e. The third-order valence-electron chi connectivity index (χ3n) is 2.35. The van der Waals surface area contributed by atoms with Gasteiger partial charge in [0.15, 0.2) is 11.6 Å². The first kappa shape index (κ1) is 12.1. The molecule has 0 radical (unpaired) electrons. The van der Waals surface area contributed by atoms with Gasteiger partial charge in [0.05, 0.1) is 0 Å². The Morgan fingerprint density at radius 3 is 2.60 bits per heavy atom. The highest BCUT2D eigenvalue weighted by atomic mass is 19.2. The molecule has 0 saturated carbocycles. The molecule has 0 aliphatic heterocycles. The average Bonchev–Trinajstić information content (AvgIpc) is 2.22. The van der Waals surface area contributed by atoms with Crippen molar-refractivity contribution in [2.75, 3.05) is 6.54 Å². The number of unbranched alkanes of at least 4 members (excludes halogenated alkanes) is 1. The van der Waals surface area contributed by atoms with E-state index in [0.717, 1.165) is 18.9 Å². The number of hydrogen-bond donors (Lipinski definition) is 2. The largest absolute Gasteiger partial charge is 0.330 e. The molecule has 0 spiro atoms. The summed E-state index contributed by atoms with van der Waals surface area (Å²) in [4.78, 5) is 0. The Bertz CT molecular complexity index is 315. The molecule has 0 amide bonds. The zero-order valence-corrected chi connectivity index (χ0v) is 8.55. The van der Waals surface area contributed by atoms with Crippen LogP contribution in [0.1, 0.15) is 30.9 Å². The van der Waals surface area contributed by atoms with Crippen LogP contribution in [0, 0.1) is 11.6 Å². The van der Waals surface area contributed by atoms with Crippen LogP contribution in [0.15, 0.2) is 18.2 Å². The Morgan fingerprint density at radius 2 is 1.93 bits per heavy atom. The van der Waals surface area contributed by atoms with Crippen molar-refractivity contribution < 1.29 is 8.78 Å². The standard InChI is InChI=1S/C11H16F2N2/c12-9-5-3-4-8(11(9)13)10(15)6-1-2-7-14/h3-5,10H,1-2,6-7,14-15H2/t10-/m0/s1. The summed E-state index contributed by atoms with van der Waals surface area (Å²) >= 11 is 0. The molecular formula is C11H16F2N2. The third kappa shape index (κ3) is 3.25. The Morgan fingerprint density at radius 1 is 1.20 bits per heavy atom. The second-order valence-electron chi connectivity index (χ2n) is 3.53. The highest BCUT2D eigenvalue weighted by molar-refractivity contribution is 5.22. The molecule has 0 bridgehead atoms. The van der Waals surface area contributed by atoms with E-state index >= 15 is 0 Å². The summed E-state index contributed by atoms with van der Waals surface area (Å²) in [5, 5.41) is 0. The van der Waals surface area contributed by atoms with Gasteiger partial charge in [-0.05, 0) is 25.5 Å². The number of halogens is 2. The first-order valence-electron chi connectivity index (χ1n) is 5.06. The van der Waals surface area contributed by atoms with Gasteiger partial charge in [0.1, 0.15) is 0 Å². The van der Waals surface area contributed by atoms with E-state index in [-0.39, 0.29) is 5.56 Å². The van der Waals surface area contributed by atoms with Crippen LogP contribution in [0.25, 0.3) is 0 Å². The fourth-order valence-corrected chi connectivity index (χ4v) is 1.47. The van der Waals surface area contributed by atoms with Crippen LogP contribution in [0.3, 0.4) is 0 Å². The van der Waals surface area contributed by atoms with Crippen LogP contribution in [-0.2, 0) is 0 Å². The summed E-state index contributed by atoms with van der Waals surface area (Å²) in [6.07, 6.45) is 2.30. The van der Waals surface area contributed by atoms with Gasteiger partial charge in [0.25, 0.3) is 0 Å².